The van der Waals surface area contributed by atoms with E-state index in [1.54, 1.807) is 36.4 Å². The van der Waals surface area contributed by atoms with Gasteiger partial charge in [0.1, 0.15) is 16.5 Å². The summed E-state index contributed by atoms with van der Waals surface area (Å²) < 4.78 is 17.7. The molecule has 0 spiro atoms. The van der Waals surface area contributed by atoms with Gasteiger partial charge in [-0.25, -0.2) is 0 Å². The molecular formula is C28H19ClN2O9. The van der Waals surface area contributed by atoms with Crippen molar-refractivity contribution < 1.29 is 34.0 Å². The second-order valence-corrected chi connectivity index (χ2v) is 9.09. The monoisotopic (exact) mass is 562 g/mol. The van der Waals surface area contributed by atoms with Gasteiger partial charge < -0.3 is 19.3 Å². The van der Waals surface area contributed by atoms with Gasteiger partial charge in [0.15, 0.2) is 5.78 Å². The van der Waals surface area contributed by atoms with E-state index in [0.29, 0.717) is 24.3 Å². The maximum atomic E-state index is 12.9. The fourth-order valence-corrected chi connectivity index (χ4v) is 4.50. The summed E-state index contributed by atoms with van der Waals surface area (Å²) in [6.45, 7) is 0.722. The third kappa shape index (κ3) is 5.08. The number of nitro benzene ring substituents is 2. The van der Waals surface area contributed by atoms with Crippen LogP contribution in [0, 0.1) is 20.2 Å². The first-order chi connectivity index (χ1) is 19.2. The summed E-state index contributed by atoms with van der Waals surface area (Å²) >= 11 is 5.82. The number of carbonyl (C=O) groups excluding carboxylic acids is 1. The van der Waals surface area contributed by atoms with Crippen LogP contribution in [0.25, 0.3) is 0 Å². The van der Waals surface area contributed by atoms with Crippen LogP contribution in [0.5, 0.6) is 17.2 Å². The highest BCUT2D eigenvalue weighted by Gasteiger charge is 2.40. The maximum absolute atomic E-state index is 12.9. The number of hydrogen-bond donors (Lipinski definition) is 1. The fraction of sp³-hybridized carbons (Fsp3) is 0.107. The van der Waals surface area contributed by atoms with E-state index in [0.717, 1.165) is 12.1 Å². The first-order valence-corrected chi connectivity index (χ1v) is 12.2. The van der Waals surface area contributed by atoms with E-state index >= 15 is 0 Å². The van der Waals surface area contributed by atoms with Gasteiger partial charge in [-0.2, -0.15) is 0 Å². The van der Waals surface area contributed by atoms with Gasteiger partial charge >= 0.3 is 5.69 Å². The summed E-state index contributed by atoms with van der Waals surface area (Å²) in [5.74, 6) is -1.58. The van der Waals surface area contributed by atoms with Gasteiger partial charge in [-0.3, -0.25) is 25.0 Å². The first-order valence-electron chi connectivity index (χ1n) is 11.8. The smallest absolute Gasteiger partial charge is 0.312 e. The lowest BCUT2D eigenvalue weighted by atomic mass is 9.97. The van der Waals surface area contributed by atoms with Gasteiger partial charge in [0.05, 0.1) is 23.1 Å². The lowest BCUT2D eigenvalue weighted by Gasteiger charge is -2.28. The summed E-state index contributed by atoms with van der Waals surface area (Å²) in [7, 11) is 0. The van der Waals surface area contributed by atoms with Crippen LogP contribution in [-0.2, 0) is 15.3 Å². The van der Waals surface area contributed by atoms with Crippen LogP contribution in [0.2, 0.25) is 5.02 Å². The molecule has 0 amide bonds. The number of phenols is 1. The summed E-state index contributed by atoms with van der Waals surface area (Å²) in [6.07, 6.45) is 0. The van der Waals surface area contributed by atoms with E-state index < -0.39 is 32.8 Å². The van der Waals surface area contributed by atoms with Crippen molar-refractivity contribution in [3.8, 4) is 17.2 Å². The number of nitro groups is 2. The zero-order valence-electron chi connectivity index (χ0n) is 20.5. The normalized spacial score (nSPS) is 14.0. The first kappa shape index (κ1) is 26.8. The van der Waals surface area contributed by atoms with Gasteiger partial charge in [-0.1, -0.05) is 11.6 Å². The van der Waals surface area contributed by atoms with Gasteiger partial charge in [0.2, 0.25) is 11.5 Å². The molecule has 1 N–H and O–H groups in total. The molecule has 0 saturated carbocycles. The van der Waals surface area contributed by atoms with Crippen LogP contribution >= 0.6 is 11.6 Å². The molecule has 11 nitrogen and oxygen atoms in total. The molecule has 1 aliphatic rings. The molecule has 4 aromatic rings. The second kappa shape index (κ2) is 10.7. The summed E-state index contributed by atoms with van der Waals surface area (Å²) in [4.78, 5) is 34.5. The van der Waals surface area contributed by atoms with E-state index in [2.05, 4.69) is 0 Å². The Hall–Kier alpha value is -4.84. The lowest BCUT2D eigenvalue weighted by Crippen LogP contribution is -2.28. The van der Waals surface area contributed by atoms with E-state index in [1.807, 2.05) is 0 Å². The van der Waals surface area contributed by atoms with Crippen LogP contribution in [0.15, 0.2) is 84.9 Å². The van der Waals surface area contributed by atoms with Crippen LogP contribution in [0.1, 0.15) is 27.0 Å². The van der Waals surface area contributed by atoms with Crippen LogP contribution in [0.4, 0.5) is 11.4 Å². The number of ether oxygens (including phenoxy) is 3. The number of hydrogen-bond acceptors (Lipinski definition) is 9. The summed E-state index contributed by atoms with van der Waals surface area (Å²) in [6, 6.07) is 20.2. The molecule has 40 heavy (non-hydrogen) atoms. The van der Waals surface area contributed by atoms with E-state index in [9.17, 15) is 30.1 Å². The van der Waals surface area contributed by atoms with Crippen molar-refractivity contribution in [2.24, 2.45) is 0 Å². The van der Waals surface area contributed by atoms with Crippen molar-refractivity contribution in [3.63, 3.8) is 0 Å². The van der Waals surface area contributed by atoms with Crippen LogP contribution in [0.3, 0.4) is 0 Å². The van der Waals surface area contributed by atoms with E-state index in [-0.39, 0.29) is 33.4 Å². The predicted octanol–water partition coefficient (Wildman–Crippen LogP) is 6.13. The average molecular weight is 563 g/mol. The average Bonchev–Trinajstić information content (AvgIpc) is 3.45. The van der Waals surface area contributed by atoms with Crippen molar-refractivity contribution in [2.45, 2.75) is 5.79 Å². The van der Waals surface area contributed by atoms with Crippen LogP contribution in [-0.4, -0.2) is 34.0 Å². The highest BCUT2D eigenvalue weighted by molar-refractivity contribution is 6.32. The maximum Gasteiger partial charge on any atom is 0.312 e. The quantitative estimate of drug-likeness (QED) is 0.152. The Balaban J connectivity index is 1.41. The predicted molar refractivity (Wildman–Crippen MR) is 142 cm³/mol. The van der Waals surface area contributed by atoms with Gasteiger partial charge in [-0.15, -0.1) is 0 Å². The minimum atomic E-state index is -1.18. The number of halogens is 1. The fourth-order valence-electron chi connectivity index (χ4n) is 4.31. The van der Waals surface area contributed by atoms with Crippen molar-refractivity contribution in [1.29, 1.82) is 0 Å². The third-order valence-corrected chi connectivity index (χ3v) is 6.55. The molecule has 0 aromatic heterocycles. The highest BCUT2D eigenvalue weighted by atomic mass is 35.5. The van der Waals surface area contributed by atoms with E-state index in [4.69, 9.17) is 25.8 Å². The number of carbonyl (C=O) groups is 1. The Morgan fingerprint density at radius 1 is 0.800 bits per heavy atom. The number of aromatic hydroxyl groups is 1. The van der Waals surface area contributed by atoms with Crippen LogP contribution < -0.4 is 4.74 Å². The molecule has 0 aliphatic carbocycles. The highest BCUT2D eigenvalue weighted by Crippen LogP contribution is 2.40. The third-order valence-electron chi connectivity index (χ3n) is 6.23. The lowest BCUT2D eigenvalue weighted by molar-refractivity contribution is -0.385. The zero-order chi connectivity index (χ0) is 28.4. The molecule has 4 aromatic carbocycles. The standard InChI is InChI=1S/C28H19ClN2O9/c29-23-11-1-17(15-24(23)30(34)35)27(33)18-2-12-26(25(16-18)31(36)37)40-22-9-5-20(6-10-22)28(38-13-14-39-28)19-3-7-21(32)8-4-19/h1-12,15-16,32H,13-14H2. The number of rotatable bonds is 8. The van der Waals surface area contributed by atoms with Crippen molar-refractivity contribution in [1.82, 2.24) is 0 Å². The van der Waals surface area contributed by atoms with Crippen molar-refractivity contribution in [3.05, 3.63) is 132 Å². The van der Waals surface area contributed by atoms with E-state index in [1.165, 1.54) is 36.4 Å². The molecule has 0 atom stereocenters. The van der Waals surface area contributed by atoms with Crippen molar-refractivity contribution >= 4 is 28.8 Å². The molecule has 202 valence electrons. The molecule has 12 heteroatoms. The van der Waals surface area contributed by atoms with Crippen molar-refractivity contribution in [2.75, 3.05) is 13.2 Å². The number of nitrogens with zero attached hydrogens (tertiary/aromatic N) is 2. The SMILES string of the molecule is O=C(c1ccc(Cl)c([N+](=O)[O-])c1)c1ccc(Oc2ccc(C3(c4ccc(O)cc4)OCCO3)cc2)c([N+](=O)[O-])c1. The second-order valence-electron chi connectivity index (χ2n) is 8.68. The van der Waals surface area contributed by atoms with Gasteiger partial charge in [0.25, 0.3) is 5.69 Å². The molecule has 0 bridgehead atoms. The minimum Gasteiger partial charge on any atom is -0.508 e. The Morgan fingerprint density at radius 2 is 1.32 bits per heavy atom. The Kier molecular flexibility index (Phi) is 7.18. The number of benzene rings is 4. The molecule has 0 unspecified atom stereocenters. The Morgan fingerprint density at radius 3 is 1.90 bits per heavy atom. The molecular weight excluding hydrogens is 544 g/mol. The largest absolute Gasteiger partial charge is 0.508 e. The van der Waals surface area contributed by atoms with Gasteiger partial charge in [-0.05, 0) is 72.8 Å². The Bertz CT molecular complexity index is 1620. The molecule has 1 fully saturated rings. The minimum absolute atomic E-state index is 0.0476. The number of ketones is 1. The zero-order valence-corrected chi connectivity index (χ0v) is 21.2. The Labute approximate surface area is 231 Å². The molecule has 1 saturated heterocycles. The molecule has 1 aliphatic heterocycles. The van der Waals surface area contributed by atoms with Gasteiger partial charge in [0, 0.05) is 34.4 Å². The topological polar surface area (TPSA) is 151 Å². The molecule has 1 heterocycles. The molecule has 5 rings (SSSR count). The summed E-state index contributed by atoms with van der Waals surface area (Å²) in [5, 5.41) is 32.5. The number of phenolic OH excluding ortho intramolecular Hbond substituents is 1. The summed E-state index contributed by atoms with van der Waals surface area (Å²) in [5.41, 5.74) is 0.298. The molecule has 0 radical (unpaired) electrons.